The average Bonchev–Trinajstić information content (AvgIpc) is 2.44. The molecule has 0 spiro atoms. The topological polar surface area (TPSA) is 78.4 Å². The fraction of sp³-hybridized carbons (Fsp3) is 0.500. The van der Waals surface area contributed by atoms with Crippen LogP contribution in [0.3, 0.4) is 0 Å². The zero-order valence-corrected chi connectivity index (χ0v) is 13.0. The van der Waals surface area contributed by atoms with Crippen molar-refractivity contribution in [3.8, 4) is 0 Å². The number of hydrogen-bond acceptors (Lipinski definition) is 2. The summed E-state index contributed by atoms with van der Waals surface area (Å²) in [6.45, 7) is 7.89. The number of carboxylic acid groups (broad SMARTS) is 1. The second kappa shape index (κ2) is 7.67. The van der Waals surface area contributed by atoms with E-state index < -0.39 is 18.0 Å². The molecule has 1 aromatic carbocycles. The molecular weight excluding hydrogens is 268 g/mol. The average molecular weight is 292 g/mol. The molecule has 116 valence electrons. The lowest BCUT2D eigenvalue weighted by Crippen LogP contribution is -2.46. The molecule has 0 saturated heterocycles. The molecule has 2 amide bonds. The Hall–Kier alpha value is -2.04. The molecule has 5 nitrogen and oxygen atoms in total. The van der Waals surface area contributed by atoms with Crippen molar-refractivity contribution in [2.45, 2.75) is 46.1 Å². The molecule has 3 N–H and O–H groups in total. The lowest BCUT2D eigenvalue weighted by molar-refractivity contribution is -0.140. The Bertz CT molecular complexity index is 483. The van der Waals surface area contributed by atoms with E-state index >= 15 is 0 Å². The Kier molecular flexibility index (Phi) is 6.21. The van der Waals surface area contributed by atoms with Gasteiger partial charge >= 0.3 is 12.0 Å². The Morgan fingerprint density at radius 3 is 2.14 bits per heavy atom. The molecule has 0 heterocycles. The number of carbonyl (C=O) groups is 2. The smallest absolute Gasteiger partial charge is 0.326 e. The summed E-state index contributed by atoms with van der Waals surface area (Å²) < 4.78 is 0. The van der Waals surface area contributed by atoms with E-state index in [0.29, 0.717) is 18.0 Å². The predicted octanol–water partition coefficient (Wildman–Crippen LogP) is 3.43. The maximum absolute atomic E-state index is 11.9. The number of anilines is 1. The van der Waals surface area contributed by atoms with Crippen molar-refractivity contribution in [3.05, 3.63) is 29.8 Å². The van der Waals surface area contributed by atoms with E-state index in [1.54, 1.807) is 6.92 Å². The largest absolute Gasteiger partial charge is 0.480 e. The zero-order valence-electron chi connectivity index (χ0n) is 13.0. The first kappa shape index (κ1) is 17.0. The maximum atomic E-state index is 11.9. The molecule has 5 heteroatoms. The minimum atomic E-state index is -1.02. The third kappa shape index (κ3) is 5.10. The predicted molar refractivity (Wildman–Crippen MR) is 83.6 cm³/mol. The first-order chi connectivity index (χ1) is 9.85. The van der Waals surface area contributed by atoms with Gasteiger partial charge in [-0.05, 0) is 29.5 Å². The van der Waals surface area contributed by atoms with Crippen molar-refractivity contribution < 1.29 is 14.7 Å². The molecule has 1 unspecified atom stereocenters. The van der Waals surface area contributed by atoms with Crippen molar-refractivity contribution in [2.75, 3.05) is 5.32 Å². The van der Waals surface area contributed by atoms with Gasteiger partial charge in [-0.3, -0.25) is 0 Å². The molecule has 0 fully saturated rings. The van der Waals surface area contributed by atoms with Gasteiger partial charge in [0, 0.05) is 5.69 Å². The van der Waals surface area contributed by atoms with E-state index in [-0.39, 0.29) is 5.92 Å². The van der Waals surface area contributed by atoms with Crippen LogP contribution in [-0.4, -0.2) is 23.1 Å². The van der Waals surface area contributed by atoms with Gasteiger partial charge in [-0.2, -0.15) is 0 Å². The molecule has 0 radical (unpaired) electrons. The molecule has 0 aliphatic heterocycles. The highest BCUT2D eigenvalue weighted by Gasteiger charge is 2.25. The molecule has 0 bridgehead atoms. The summed E-state index contributed by atoms with van der Waals surface area (Å²) in [4.78, 5) is 23.0. The van der Waals surface area contributed by atoms with Gasteiger partial charge in [0.05, 0.1) is 0 Å². The van der Waals surface area contributed by atoms with Crippen molar-refractivity contribution in [1.82, 2.24) is 5.32 Å². The van der Waals surface area contributed by atoms with E-state index in [1.807, 2.05) is 31.2 Å². The fourth-order valence-corrected chi connectivity index (χ4v) is 1.94. The molecule has 1 aromatic rings. The van der Waals surface area contributed by atoms with Crippen molar-refractivity contribution in [3.63, 3.8) is 0 Å². The van der Waals surface area contributed by atoms with Gasteiger partial charge in [-0.15, -0.1) is 0 Å². The highest BCUT2D eigenvalue weighted by atomic mass is 16.4. The van der Waals surface area contributed by atoms with Gasteiger partial charge in [0.15, 0.2) is 0 Å². The summed E-state index contributed by atoms with van der Waals surface area (Å²) in [7, 11) is 0. The quantitative estimate of drug-likeness (QED) is 0.751. The first-order valence-electron chi connectivity index (χ1n) is 7.25. The van der Waals surface area contributed by atoms with Gasteiger partial charge in [-0.25, -0.2) is 9.59 Å². The molecule has 0 saturated carbocycles. The normalized spacial score (nSPS) is 13.6. The molecule has 0 aliphatic carbocycles. The summed E-state index contributed by atoms with van der Waals surface area (Å²) in [5, 5.41) is 14.3. The number of carbonyl (C=O) groups excluding carboxylic acids is 1. The number of amides is 2. The monoisotopic (exact) mass is 292 g/mol. The highest BCUT2D eigenvalue weighted by Crippen LogP contribution is 2.17. The van der Waals surface area contributed by atoms with Crippen LogP contribution in [0.5, 0.6) is 0 Å². The van der Waals surface area contributed by atoms with E-state index in [2.05, 4.69) is 24.5 Å². The zero-order chi connectivity index (χ0) is 16.0. The van der Waals surface area contributed by atoms with Crippen LogP contribution in [0.2, 0.25) is 0 Å². The summed E-state index contributed by atoms with van der Waals surface area (Å²) in [6.07, 6.45) is 0.681. The van der Waals surface area contributed by atoms with Gasteiger partial charge in [0.1, 0.15) is 6.04 Å². The summed E-state index contributed by atoms with van der Waals surface area (Å²) in [5.74, 6) is -0.721. The van der Waals surface area contributed by atoms with Crippen LogP contribution in [-0.2, 0) is 4.79 Å². The Balaban J connectivity index is 2.65. The lowest BCUT2D eigenvalue weighted by atomic mass is 9.99. The van der Waals surface area contributed by atoms with Crippen LogP contribution in [0, 0.1) is 5.92 Å². The van der Waals surface area contributed by atoms with Crippen LogP contribution >= 0.6 is 0 Å². The van der Waals surface area contributed by atoms with E-state index in [4.69, 9.17) is 5.11 Å². The number of hydrogen-bond donors (Lipinski definition) is 3. The third-order valence-electron chi connectivity index (χ3n) is 3.60. The molecular formula is C16H24N2O3. The summed E-state index contributed by atoms with van der Waals surface area (Å²) in [5.41, 5.74) is 1.83. The SMILES string of the molecule is CCC(C)[C@H](NC(=O)Nc1ccc(C(C)C)cc1)C(=O)O. The number of aliphatic carboxylic acids is 1. The fourth-order valence-electron chi connectivity index (χ4n) is 1.94. The van der Waals surface area contributed by atoms with E-state index in [9.17, 15) is 9.59 Å². The molecule has 1 rings (SSSR count). The van der Waals surface area contributed by atoms with Crippen LogP contribution in [0.1, 0.15) is 45.6 Å². The minimum absolute atomic E-state index is 0.128. The van der Waals surface area contributed by atoms with Gasteiger partial charge in [0.25, 0.3) is 0 Å². The van der Waals surface area contributed by atoms with E-state index in [0.717, 1.165) is 0 Å². The van der Waals surface area contributed by atoms with Gasteiger partial charge in [-0.1, -0.05) is 46.2 Å². The Labute approximate surface area is 125 Å². The molecule has 0 aromatic heterocycles. The second-order valence-electron chi connectivity index (χ2n) is 5.58. The lowest BCUT2D eigenvalue weighted by Gasteiger charge is -2.20. The number of benzene rings is 1. The summed E-state index contributed by atoms with van der Waals surface area (Å²) >= 11 is 0. The number of urea groups is 1. The highest BCUT2D eigenvalue weighted by molar-refractivity contribution is 5.92. The van der Waals surface area contributed by atoms with Crippen LogP contribution in [0.4, 0.5) is 10.5 Å². The van der Waals surface area contributed by atoms with Crippen LogP contribution in [0.15, 0.2) is 24.3 Å². The van der Waals surface area contributed by atoms with Gasteiger partial charge in [0.2, 0.25) is 0 Å². The van der Waals surface area contributed by atoms with Gasteiger partial charge < -0.3 is 15.7 Å². The van der Waals surface area contributed by atoms with Crippen molar-refractivity contribution in [2.24, 2.45) is 5.92 Å². The molecule has 0 aliphatic rings. The maximum Gasteiger partial charge on any atom is 0.326 e. The minimum Gasteiger partial charge on any atom is -0.480 e. The molecule has 2 atom stereocenters. The van der Waals surface area contributed by atoms with E-state index in [1.165, 1.54) is 5.56 Å². The molecule has 21 heavy (non-hydrogen) atoms. The summed E-state index contributed by atoms with van der Waals surface area (Å²) in [6, 6.07) is 6.14. The standard InChI is InChI=1S/C16H24N2O3/c1-5-11(4)14(15(19)20)18-16(21)17-13-8-6-12(7-9-13)10(2)3/h6-11,14H,5H2,1-4H3,(H,19,20)(H2,17,18,21)/t11?,14-/m0/s1. The number of carboxylic acids is 1. The first-order valence-corrected chi connectivity index (χ1v) is 7.25. The number of nitrogens with one attached hydrogen (secondary N) is 2. The van der Waals surface area contributed by atoms with Crippen molar-refractivity contribution >= 4 is 17.7 Å². The van der Waals surface area contributed by atoms with Crippen molar-refractivity contribution in [1.29, 1.82) is 0 Å². The number of rotatable bonds is 6. The third-order valence-corrected chi connectivity index (χ3v) is 3.60. The van der Waals surface area contributed by atoms with Crippen LogP contribution < -0.4 is 10.6 Å². The Morgan fingerprint density at radius 2 is 1.71 bits per heavy atom. The van der Waals surface area contributed by atoms with Crippen LogP contribution in [0.25, 0.3) is 0 Å². The Morgan fingerprint density at radius 1 is 1.14 bits per heavy atom. The second-order valence-corrected chi connectivity index (χ2v) is 5.58.